The first-order valence-electron chi connectivity index (χ1n) is 6.16. The highest BCUT2D eigenvalue weighted by Crippen LogP contribution is 2.45. The van der Waals surface area contributed by atoms with Gasteiger partial charge in [0.2, 0.25) is 0 Å². The maximum atomic E-state index is 10.3. The summed E-state index contributed by atoms with van der Waals surface area (Å²) in [7, 11) is 0. The van der Waals surface area contributed by atoms with Crippen molar-refractivity contribution in [3.63, 3.8) is 0 Å². The van der Waals surface area contributed by atoms with E-state index in [-0.39, 0.29) is 0 Å². The molecule has 82 valence electrons. The lowest BCUT2D eigenvalue weighted by Crippen LogP contribution is -2.41. The largest absolute Gasteiger partial charge is 0.390 e. The van der Waals surface area contributed by atoms with Crippen LogP contribution in [0.25, 0.3) is 0 Å². The van der Waals surface area contributed by atoms with Crippen LogP contribution in [0, 0.1) is 11.8 Å². The minimum absolute atomic E-state index is 0.409. The first kappa shape index (κ1) is 10.4. The van der Waals surface area contributed by atoms with Crippen LogP contribution in [0.15, 0.2) is 0 Å². The van der Waals surface area contributed by atoms with Crippen molar-refractivity contribution >= 4 is 0 Å². The summed E-state index contributed by atoms with van der Waals surface area (Å²) < 4.78 is 0. The maximum absolute atomic E-state index is 10.3. The van der Waals surface area contributed by atoms with Crippen LogP contribution in [0.1, 0.15) is 51.4 Å². The summed E-state index contributed by atoms with van der Waals surface area (Å²) >= 11 is 0. The van der Waals surface area contributed by atoms with Crippen molar-refractivity contribution in [1.29, 1.82) is 0 Å². The van der Waals surface area contributed by atoms with Crippen molar-refractivity contribution in [1.82, 2.24) is 0 Å². The Kier molecular flexibility index (Phi) is 3.13. The zero-order valence-electron chi connectivity index (χ0n) is 9.04. The first-order valence-corrected chi connectivity index (χ1v) is 6.16. The van der Waals surface area contributed by atoms with Gasteiger partial charge in [-0.3, -0.25) is 0 Å². The van der Waals surface area contributed by atoms with Crippen molar-refractivity contribution in [2.24, 2.45) is 17.6 Å². The average molecular weight is 197 g/mol. The maximum Gasteiger partial charge on any atom is 0.0662 e. The average Bonchev–Trinajstić information content (AvgIpc) is 2.17. The number of rotatable bonds is 2. The molecule has 0 amide bonds. The van der Waals surface area contributed by atoms with E-state index in [4.69, 9.17) is 5.73 Å². The lowest BCUT2D eigenvalue weighted by Gasteiger charge is -2.44. The van der Waals surface area contributed by atoms with Gasteiger partial charge in [0.15, 0.2) is 0 Å². The molecule has 3 N–H and O–H groups in total. The topological polar surface area (TPSA) is 46.2 Å². The third-order valence-corrected chi connectivity index (χ3v) is 4.30. The summed E-state index contributed by atoms with van der Waals surface area (Å²) in [4.78, 5) is 0. The van der Waals surface area contributed by atoms with Crippen molar-refractivity contribution in [3.05, 3.63) is 0 Å². The van der Waals surface area contributed by atoms with Gasteiger partial charge in [-0.05, 0) is 44.1 Å². The quantitative estimate of drug-likeness (QED) is 0.711. The Bertz CT molecular complexity index is 195. The molecule has 0 heterocycles. The predicted molar refractivity (Wildman–Crippen MR) is 57.9 cm³/mol. The van der Waals surface area contributed by atoms with Crippen molar-refractivity contribution in [2.75, 3.05) is 6.54 Å². The monoisotopic (exact) mass is 197 g/mol. The highest BCUT2D eigenvalue weighted by molar-refractivity contribution is 4.91. The molecule has 0 saturated heterocycles. The molecule has 2 heteroatoms. The molecule has 2 nitrogen and oxygen atoms in total. The fourth-order valence-electron chi connectivity index (χ4n) is 3.47. The van der Waals surface area contributed by atoms with Gasteiger partial charge in [0.1, 0.15) is 0 Å². The number of hydrogen-bond acceptors (Lipinski definition) is 2. The number of hydrogen-bond donors (Lipinski definition) is 2. The first-order chi connectivity index (χ1) is 6.73. The SMILES string of the molecule is NCCC1(O)CCC2CCCCC2C1. The van der Waals surface area contributed by atoms with Crippen LogP contribution < -0.4 is 5.73 Å². The zero-order chi connectivity index (χ0) is 10.0. The molecule has 0 aromatic carbocycles. The zero-order valence-corrected chi connectivity index (χ0v) is 9.04. The summed E-state index contributed by atoms with van der Waals surface area (Å²) in [5, 5.41) is 10.3. The normalized spacial score (nSPS) is 43.3. The summed E-state index contributed by atoms with van der Waals surface area (Å²) in [5.41, 5.74) is 5.14. The molecule has 0 aliphatic heterocycles. The smallest absolute Gasteiger partial charge is 0.0662 e. The molecule has 14 heavy (non-hydrogen) atoms. The van der Waals surface area contributed by atoms with E-state index in [0.29, 0.717) is 6.54 Å². The number of fused-ring (bicyclic) bond motifs is 1. The Morgan fingerprint density at radius 3 is 2.57 bits per heavy atom. The summed E-state index contributed by atoms with van der Waals surface area (Å²) in [6.07, 6.45) is 9.59. The second-order valence-corrected chi connectivity index (χ2v) is 5.31. The highest BCUT2D eigenvalue weighted by Gasteiger charge is 2.39. The van der Waals surface area contributed by atoms with Crippen LogP contribution in [-0.2, 0) is 0 Å². The van der Waals surface area contributed by atoms with Crippen LogP contribution in [0.5, 0.6) is 0 Å². The summed E-state index contributed by atoms with van der Waals surface area (Å²) in [6.45, 7) is 0.633. The molecule has 0 radical (unpaired) electrons. The van der Waals surface area contributed by atoms with E-state index < -0.39 is 5.60 Å². The van der Waals surface area contributed by atoms with Gasteiger partial charge < -0.3 is 10.8 Å². The van der Waals surface area contributed by atoms with Crippen LogP contribution in [0.2, 0.25) is 0 Å². The molecular formula is C12H23NO. The number of nitrogens with two attached hydrogens (primary N) is 1. The van der Waals surface area contributed by atoms with Crippen molar-refractivity contribution < 1.29 is 5.11 Å². The Hall–Kier alpha value is -0.0800. The Labute approximate surface area is 86.9 Å². The standard InChI is InChI=1S/C12H23NO/c13-8-7-12(14)6-5-10-3-1-2-4-11(10)9-12/h10-11,14H,1-9,13H2. The fraction of sp³-hybridized carbons (Fsp3) is 1.00. The van der Waals surface area contributed by atoms with Crippen LogP contribution in [0.3, 0.4) is 0 Å². The molecule has 3 unspecified atom stereocenters. The van der Waals surface area contributed by atoms with Crippen LogP contribution >= 0.6 is 0 Å². The lowest BCUT2D eigenvalue weighted by molar-refractivity contribution is -0.0489. The van der Waals surface area contributed by atoms with E-state index in [1.807, 2.05) is 0 Å². The fourth-order valence-corrected chi connectivity index (χ4v) is 3.47. The van der Waals surface area contributed by atoms with Crippen molar-refractivity contribution in [3.8, 4) is 0 Å². The Morgan fingerprint density at radius 1 is 1.14 bits per heavy atom. The summed E-state index contributed by atoms with van der Waals surface area (Å²) in [5.74, 6) is 1.72. The lowest BCUT2D eigenvalue weighted by atomic mass is 9.65. The molecule has 2 saturated carbocycles. The molecule has 2 aliphatic rings. The van der Waals surface area contributed by atoms with Crippen molar-refractivity contribution in [2.45, 2.75) is 57.0 Å². The van der Waals surface area contributed by atoms with Gasteiger partial charge >= 0.3 is 0 Å². The van der Waals surface area contributed by atoms with E-state index in [1.54, 1.807) is 0 Å². The minimum atomic E-state index is -0.409. The highest BCUT2D eigenvalue weighted by atomic mass is 16.3. The summed E-state index contributed by atoms with van der Waals surface area (Å²) in [6, 6.07) is 0. The molecule has 2 fully saturated rings. The third kappa shape index (κ3) is 2.12. The van der Waals surface area contributed by atoms with Gasteiger partial charge in [-0.25, -0.2) is 0 Å². The van der Waals surface area contributed by atoms with E-state index in [0.717, 1.165) is 31.1 Å². The Balaban J connectivity index is 1.94. The second-order valence-electron chi connectivity index (χ2n) is 5.31. The van der Waals surface area contributed by atoms with Gasteiger partial charge in [-0.15, -0.1) is 0 Å². The van der Waals surface area contributed by atoms with E-state index >= 15 is 0 Å². The molecule has 0 aromatic rings. The molecule has 2 rings (SSSR count). The van der Waals surface area contributed by atoms with E-state index in [2.05, 4.69) is 0 Å². The molecule has 0 aromatic heterocycles. The number of aliphatic hydroxyl groups is 1. The van der Waals surface area contributed by atoms with Gasteiger partial charge in [-0.1, -0.05) is 25.7 Å². The minimum Gasteiger partial charge on any atom is -0.390 e. The third-order valence-electron chi connectivity index (χ3n) is 4.30. The van der Waals surface area contributed by atoms with Crippen LogP contribution in [-0.4, -0.2) is 17.3 Å². The molecule has 0 spiro atoms. The predicted octanol–water partition coefficient (Wildman–Crippen LogP) is 2.06. The van der Waals surface area contributed by atoms with Gasteiger partial charge in [0.25, 0.3) is 0 Å². The van der Waals surface area contributed by atoms with Gasteiger partial charge in [-0.2, -0.15) is 0 Å². The van der Waals surface area contributed by atoms with Gasteiger partial charge in [0.05, 0.1) is 5.60 Å². The van der Waals surface area contributed by atoms with Crippen LogP contribution in [0.4, 0.5) is 0 Å². The molecule has 0 bridgehead atoms. The van der Waals surface area contributed by atoms with Gasteiger partial charge in [0, 0.05) is 0 Å². The molecule has 3 atom stereocenters. The van der Waals surface area contributed by atoms with E-state index in [1.165, 1.54) is 32.1 Å². The Morgan fingerprint density at radius 2 is 1.86 bits per heavy atom. The second kappa shape index (κ2) is 4.19. The molecule has 2 aliphatic carbocycles. The molecular weight excluding hydrogens is 174 g/mol. The van der Waals surface area contributed by atoms with E-state index in [9.17, 15) is 5.11 Å².